The summed E-state index contributed by atoms with van der Waals surface area (Å²) in [5, 5.41) is 0. The third kappa shape index (κ3) is 1.75. The van der Waals surface area contributed by atoms with Gasteiger partial charge in [0, 0.05) is 11.7 Å². The van der Waals surface area contributed by atoms with Gasteiger partial charge in [0.25, 0.3) is 0 Å². The second-order valence-corrected chi connectivity index (χ2v) is 4.12. The van der Waals surface area contributed by atoms with Crippen LogP contribution in [0.1, 0.15) is 32.5 Å². The van der Waals surface area contributed by atoms with Gasteiger partial charge in [-0.2, -0.15) is 0 Å². The zero-order valence-electron chi connectivity index (χ0n) is 10.2. The van der Waals surface area contributed by atoms with Crippen LogP contribution in [0.15, 0.2) is 12.4 Å². The van der Waals surface area contributed by atoms with Gasteiger partial charge < -0.3 is 9.30 Å². The molecule has 2 rings (SSSR count). The summed E-state index contributed by atoms with van der Waals surface area (Å²) in [7, 11) is 0. The van der Waals surface area contributed by atoms with Crippen molar-refractivity contribution in [1.29, 1.82) is 0 Å². The number of nitrogens with zero attached hydrogens (tertiary/aromatic N) is 3. The van der Waals surface area contributed by atoms with Crippen LogP contribution < -0.4 is 4.74 Å². The van der Waals surface area contributed by atoms with Crippen LogP contribution in [0.3, 0.4) is 0 Å². The Hall–Kier alpha value is -1.58. The quantitative estimate of drug-likeness (QED) is 0.796. The first kappa shape index (κ1) is 10.9. The Morgan fingerprint density at radius 2 is 2.19 bits per heavy atom. The number of rotatable bonds is 3. The minimum Gasteiger partial charge on any atom is -0.476 e. The molecule has 0 saturated heterocycles. The van der Waals surface area contributed by atoms with Crippen LogP contribution >= 0.6 is 0 Å². The Balaban J connectivity index is 2.65. The van der Waals surface area contributed by atoms with E-state index in [0.29, 0.717) is 18.5 Å². The van der Waals surface area contributed by atoms with Crippen LogP contribution in [0.4, 0.5) is 0 Å². The predicted octanol–water partition coefficient (Wildman–Crippen LogP) is 2.72. The first-order valence-corrected chi connectivity index (χ1v) is 5.60. The molecule has 0 fully saturated rings. The highest BCUT2D eigenvalue weighted by Crippen LogP contribution is 2.25. The zero-order chi connectivity index (χ0) is 11.7. The molecule has 0 saturated carbocycles. The lowest BCUT2D eigenvalue weighted by Gasteiger charge is -2.09. The van der Waals surface area contributed by atoms with Crippen molar-refractivity contribution >= 4 is 11.0 Å². The van der Waals surface area contributed by atoms with E-state index >= 15 is 0 Å². The van der Waals surface area contributed by atoms with Gasteiger partial charge in [-0.15, -0.1) is 0 Å². The van der Waals surface area contributed by atoms with Gasteiger partial charge in [-0.1, -0.05) is 0 Å². The molecule has 0 amide bonds. The van der Waals surface area contributed by atoms with Crippen molar-refractivity contribution < 1.29 is 4.74 Å². The summed E-state index contributed by atoms with van der Waals surface area (Å²) in [5.74, 6) is 0.636. The van der Waals surface area contributed by atoms with Gasteiger partial charge in [-0.3, -0.25) is 0 Å². The summed E-state index contributed by atoms with van der Waals surface area (Å²) >= 11 is 0. The molecule has 0 bridgehead atoms. The van der Waals surface area contributed by atoms with Crippen molar-refractivity contribution in [1.82, 2.24) is 14.5 Å². The predicted molar refractivity (Wildman–Crippen MR) is 63.8 cm³/mol. The van der Waals surface area contributed by atoms with Gasteiger partial charge in [0.05, 0.1) is 18.5 Å². The van der Waals surface area contributed by atoms with Crippen molar-refractivity contribution in [3.8, 4) is 5.88 Å². The van der Waals surface area contributed by atoms with Crippen molar-refractivity contribution in [2.45, 2.75) is 33.7 Å². The van der Waals surface area contributed by atoms with Gasteiger partial charge in [-0.25, -0.2) is 9.97 Å². The summed E-state index contributed by atoms with van der Waals surface area (Å²) in [6.45, 7) is 8.81. The number of ether oxygens (including phenoxy) is 1. The third-order valence-electron chi connectivity index (χ3n) is 2.50. The minimum absolute atomic E-state index is 0.390. The summed E-state index contributed by atoms with van der Waals surface area (Å²) in [5.41, 5.74) is 2.89. The molecule has 86 valence electrons. The lowest BCUT2D eigenvalue weighted by molar-refractivity contribution is 0.330. The normalized spacial score (nSPS) is 11.3. The average Bonchev–Trinajstić information content (AvgIpc) is 2.61. The second kappa shape index (κ2) is 4.12. The van der Waals surface area contributed by atoms with E-state index in [1.165, 1.54) is 0 Å². The Morgan fingerprint density at radius 3 is 2.81 bits per heavy atom. The Kier molecular flexibility index (Phi) is 2.81. The molecule has 2 aromatic heterocycles. The average molecular weight is 219 g/mol. The molecule has 0 aromatic carbocycles. The van der Waals surface area contributed by atoms with E-state index in [-0.39, 0.29) is 0 Å². The molecule has 0 aliphatic heterocycles. The molecule has 4 nitrogen and oxygen atoms in total. The minimum atomic E-state index is 0.390. The van der Waals surface area contributed by atoms with Crippen molar-refractivity contribution in [3.63, 3.8) is 0 Å². The SMILES string of the molecule is CCOc1nc(C)cc2c1ncn2C(C)C. The lowest BCUT2D eigenvalue weighted by Crippen LogP contribution is -2.00. The molecular weight excluding hydrogens is 202 g/mol. The van der Waals surface area contributed by atoms with Gasteiger partial charge in [0.2, 0.25) is 5.88 Å². The number of aromatic nitrogens is 3. The van der Waals surface area contributed by atoms with Crippen LogP contribution in [0, 0.1) is 6.92 Å². The highest BCUT2D eigenvalue weighted by Gasteiger charge is 2.12. The first-order valence-electron chi connectivity index (χ1n) is 5.60. The van der Waals surface area contributed by atoms with Crippen LogP contribution in [-0.4, -0.2) is 21.1 Å². The molecule has 0 atom stereocenters. The van der Waals surface area contributed by atoms with Crippen LogP contribution in [0.25, 0.3) is 11.0 Å². The molecule has 4 heteroatoms. The standard InChI is InChI=1S/C12H17N3O/c1-5-16-12-11-10(6-9(4)14-12)15(7-13-11)8(2)3/h6-8H,5H2,1-4H3. The summed E-state index contributed by atoms with van der Waals surface area (Å²) in [6.07, 6.45) is 1.85. The van der Waals surface area contributed by atoms with E-state index in [1.54, 1.807) is 0 Å². The number of fused-ring (bicyclic) bond motifs is 1. The number of imidazole rings is 1. The fourth-order valence-corrected chi connectivity index (χ4v) is 1.77. The Labute approximate surface area is 95.3 Å². The Morgan fingerprint density at radius 1 is 1.44 bits per heavy atom. The van der Waals surface area contributed by atoms with E-state index in [0.717, 1.165) is 16.7 Å². The maximum absolute atomic E-state index is 5.51. The highest BCUT2D eigenvalue weighted by atomic mass is 16.5. The molecule has 16 heavy (non-hydrogen) atoms. The van der Waals surface area contributed by atoms with E-state index in [9.17, 15) is 0 Å². The fourth-order valence-electron chi connectivity index (χ4n) is 1.77. The van der Waals surface area contributed by atoms with Crippen molar-refractivity contribution in [2.75, 3.05) is 6.61 Å². The van der Waals surface area contributed by atoms with E-state index < -0.39 is 0 Å². The molecule has 2 aromatic rings. The van der Waals surface area contributed by atoms with Crippen molar-refractivity contribution in [2.24, 2.45) is 0 Å². The fraction of sp³-hybridized carbons (Fsp3) is 0.500. The van der Waals surface area contributed by atoms with Gasteiger partial charge in [0.15, 0.2) is 5.52 Å². The molecule has 0 aliphatic carbocycles. The molecular formula is C12H17N3O. The van der Waals surface area contributed by atoms with Gasteiger partial charge in [-0.05, 0) is 33.8 Å². The summed E-state index contributed by atoms with van der Waals surface area (Å²) in [4.78, 5) is 8.74. The monoisotopic (exact) mass is 219 g/mol. The van der Waals surface area contributed by atoms with Crippen molar-refractivity contribution in [3.05, 3.63) is 18.1 Å². The van der Waals surface area contributed by atoms with E-state index in [2.05, 4.69) is 28.4 Å². The number of hydrogen-bond donors (Lipinski definition) is 0. The van der Waals surface area contributed by atoms with Crippen LogP contribution in [-0.2, 0) is 0 Å². The highest BCUT2D eigenvalue weighted by molar-refractivity contribution is 5.80. The number of aryl methyl sites for hydroxylation is 1. The Bertz CT molecular complexity index is 502. The number of pyridine rings is 1. The molecule has 2 heterocycles. The number of hydrogen-bond acceptors (Lipinski definition) is 3. The largest absolute Gasteiger partial charge is 0.476 e. The molecule has 0 unspecified atom stereocenters. The van der Waals surface area contributed by atoms with Gasteiger partial charge >= 0.3 is 0 Å². The second-order valence-electron chi connectivity index (χ2n) is 4.12. The van der Waals surface area contributed by atoms with E-state index in [1.807, 2.05) is 26.2 Å². The topological polar surface area (TPSA) is 39.9 Å². The molecule has 0 spiro atoms. The molecule has 0 N–H and O–H groups in total. The molecule has 0 aliphatic rings. The van der Waals surface area contributed by atoms with Gasteiger partial charge in [0.1, 0.15) is 0 Å². The summed E-state index contributed by atoms with van der Waals surface area (Å²) in [6, 6.07) is 2.44. The van der Waals surface area contributed by atoms with E-state index in [4.69, 9.17) is 4.74 Å². The smallest absolute Gasteiger partial charge is 0.242 e. The zero-order valence-corrected chi connectivity index (χ0v) is 10.2. The first-order chi connectivity index (χ1) is 7.63. The lowest BCUT2D eigenvalue weighted by atomic mass is 10.3. The van der Waals surface area contributed by atoms with Crippen LogP contribution in [0.2, 0.25) is 0 Å². The van der Waals surface area contributed by atoms with Crippen LogP contribution in [0.5, 0.6) is 5.88 Å². The maximum atomic E-state index is 5.51. The molecule has 0 radical (unpaired) electrons. The summed E-state index contributed by atoms with van der Waals surface area (Å²) < 4.78 is 7.64. The third-order valence-corrected chi connectivity index (χ3v) is 2.50. The maximum Gasteiger partial charge on any atom is 0.242 e.